The predicted octanol–water partition coefficient (Wildman–Crippen LogP) is 2.27. The summed E-state index contributed by atoms with van der Waals surface area (Å²) < 4.78 is 5.10. The molecule has 2 atom stereocenters. The number of phenols is 2. The van der Waals surface area contributed by atoms with Crippen molar-refractivity contribution in [3.63, 3.8) is 0 Å². The molecular formula is C12H12N2O3. The summed E-state index contributed by atoms with van der Waals surface area (Å²) in [6, 6.07) is 4.65. The summed E-state index contributed by atoms with van der Waals surface area (Å²) in [5.41, 5.74) is 0.358. The van der Waals surface area contributed by atoms with E-state index in [4.69, 9.17) is 4.52 Å². The zero-order chi connectivity index (χ0) is 12.0. The van der Waals surface area contributed by atoms with E-state index in [-0.39, 0.29) is 17.4 Å². The number of hydrogen-bond acceptors (Lipinski definition) is 5. The predicted molar refractivity (Wildman–Crippen MR) is 59.6 cm³/mol. The highest BCUT2D eigenvalue weighted by Gasteiger charge is 2.38. The lowest BCUT2D eigenvalue weighted by Crippen LogP contribution is -1.85. The van der Waals surface area contributed by atoms with Crippen molar-refractivity contribution < 1.29 is 14.7 Å². The Morgan fingerprint density at radius 1 is 1.35 bits per heavy atom. The van der Waals surface area contributed by atoms with Gasteiger partial charge in [0.25, 0.3) is 5.89 Å². The van der Waals surface area contributed by atoms with Gasteiger partial charge in [-0.15, -0.1) is 0 Å². The summed E-state index contributed by atoms with van der Waals surface area (Å²) in [6.45, 7) is 2.13. The van der Waals surface area contributed by atoms with E-state index in [9.17, 15) is 10.2 Å². The number of nitrogens with zero attached hydrogens (tertiary/aromatic N) is 2. The SMILES string of the molecule is CC1CC1c1noc(-c2cccc(O)c2O)n1. The molecule has 1 heterocycles. The normalized spacial score (nSPS) is 22.6. The maximum Gasteiger partial charge on any atom is 0.261 e. The third-order valence-electron chi connectivity index (χ3n) is 3.13. The standard InChI is InChI=1S/C12H12N2O3/c1-6-5-8(6)11-13-12(17-14-11)7-3-2-4-9(15)10(7)16/h2-4,6,8,15-16H,5H2,1H3. The highest BCUT2D eigenvalue weighted by atomic mass is 16.5. The van der Waals surface area contributed by atoms with E-state index in [1.54, 1.807) is 12.1 Å². The van der Waals surface area contributed by atoms with Gasteiger partial charge in [-0.25, -0.2) is 0 Å². The topological polar surface area (TPSA) is 79.4 Å². The van der Waals surface area contributed by atoms with Gasteiger partial charge in [0.1, 0.15) is 0 Å². The zero-order valence-electron chi connectivity index (χ0n) is 9.29. The average molecular weight is 232 g/mol. The summed E-state index contributed by atoms with van der Waals surface area (Å²) in [6.07, 6.45) is 1.07. The first-order valence-electron chi connectivity index (χ1n) is 5.51. The van der Waals surface area contributed by atoms with Crippen LogP contribution in [0.15, 0.2) is 22.7 Å². The molecule has 0 radical (unpaired) electrons. The molecule has 2 unspecified atom stereocenters. The lowest BCUT2D eigenvalue weighted by Gasteiger charge is -2.00. The lowest BCUT2D eigenvalue weighted by molar-refractivity contribution is 0.396. The van der Waals surface area contributed by atoms with Crippen LogP contribution in [0.4, 0.5) is 0 Å². The summed E-state index contributed by atoms with van der Waals surface area (Å²) >= 11 is 0. The van der Waals surface area contributed by atoms with Crippen LogP contribution >= 0.6 is 0 Å². The van der Waals surface area contributed by atoms with Crippen molar-refractivity contribution in [2.45, 2.75) is 19.3 Å². The molecule has 17 heavy (non-hydrogen) atoms. The van der Waals surface area contributed by atoms with Gasteiger partial charge in [0.2, 0.25) is 0 Å². The third-order valence-corrected chi connectivity index (χ3v) is 3.13. The molecule has 1 fully saturated rings. The van der Waals surface area contributed by atoms with Crippen LogP contribution in [0.3, 0.4) is 0 Å². The Kier molecular flexibility index (Phi) is 2.07. The molecule has 1 saturated carbocycles. The molecule has 1 aliphatic carbocycles. The molecule has 1 aliphatic rings. The van der Waals surface area contributed by atoms with Gasteiger partial charge in [-0.3, -0.25) is 0 Å². The second-order valence-electron chi connectivity index (χ2n) is 4.45. The molecule has 0 aliphatic heterocycles. The molecule has 1 aromatic heterocycles. The van der Waals surface area contributed by atoms with Gasteiger partial charge in [-0.2, -0.15) is 4.98 Å². The van der Waals surface area contributed by atoms with E-state index in [0.717, 1.165) is 6.42 Å². The van der Waals surface area contributed by atoms with Gasteiger partial charge < -0.3 is 14.7 Å². The Balaban J connectivity index is 1.98. The first-order valence-corrected chi connectivity index (χ1v) is 5.51. The Morgan fingerprint density at radius 3 is 2.82 bits per heavy atom. The van der Waals surface area contributed by atoms with Crippen LogP contribution in [-0.4, -0.2) is 20.4 Å². The van der Waals surface area contributed by atoms with E-state index in [0.29, 0.717) is 23.2 Å². The fourth-order valence-electron chi connectivity index (χ4n) is 1.88. The second kappa shape index (κ2) is 3.48. The van der Waals surface area contributed by atoms with Crippen molar-refractivity contribution in [2.75, 3.05) is 0 Å². The number of aromatic hydroxyl groups is 2. The zero-order valence-corrected chi connectivity index (χ0v) is 9.29. The maximum atomic E-state index is 9.69. The van der Waals surface area contributed by atoms with Gasteiger partial charge in [-0.1, -0.05) is 18.1 Å². The minimum absolute atomic E-state index is 0.193. The molecule has 1 aromatic carbocycles. The first kappa shape index (κ1) is 10.1. The molecule has 0 saturated heterocycles. The van der Waals surface area contributed by atoms with Gasteiger partial charge in [0, 0.05) is 5.92 Å². The van der Waals surface area contributed by atoms with E-state index in [2.05, 4.69) is 17.1 Å². The molecule has 0 amide bonds. The molecular weight excluding hydrogens is 220 g/mol. The van der Waals surface area contributed by atoms with Crippen molar-refractivity contribution in [1.29, 1.82) is 0 Å². The lowest BCUT2D eigenvalue weighted by atomic mass is 10.2. The van der Waals surface area contributed by atoms with Crippen LogP contribution < -0.4 is 0 Å². The van der Waals surface area contributed by atoms with Crippen molar-refractivity contribution in [3.8, 4) is 23.0 Å². The highest BCUT2D eigenvalue weighted by Crippen LogP contribution is 2.46. The van der Waals surface area contributed by atoms with Gasteiger partial charge in [-0.05, 0) is 24.5 Å². The van der Waals surface area contributed by atoms with Gasteiger partial charge >= 0.3 is 0 Å². The quantitative estimate of drug-likeness (QED) is 0.776. The summed E-state index contributed by atoms with van der Waals surface area (Å²) in [5.74, 6) is 1.46. The highest BCUT2D eigenvalue weighted by molar-refractivity contribution is 5.66. The van der Waals surface area contributed by atoms with Crippen LogP contribution in [0.5, 0.6) is 11.5 Å². The number of para-hydroxylation sites is 1. The molecule has 5 nitrogen and oxygen atoms in total. The van der Waals surface area contributed by atoms with Crippen LogP contribution in [0, 0.1) is 5.92 Å². The molecule has 88 valence electrons. The van der Waals surface area contributed by atoms with Crippen LogP contribution in [0.1, 0.15) is 25.1 Å². The fourth-order valence-corrected chi connectivity index (χ4v) is 1.88. The fraction of sp³-hybridized carbons (Fsp3) is 0.333. The number of aromatic nitrogens is 2. The Morgan fingerprint density at radius 2 is 2.12 bits per heavy atom. The van der Waals surface area contributed by atoms with Crippen molar-refractivity contribution in [3.05, 3.63) is 24.0 Å². The average Bonchev–Trinajstić information content (AvgIpc) is 2.86. The van der Waals surface area contributed by atoms with Crippen LogP contribution in [0.25, 0.3) is 11.5 Å². The second-order valence-corrected chi connectivity index (χ2v) is 4.45. The van der Waals surface area contributed by atoms with Crippen molar-refractivity contribution in [2.24, 2.45) is 5.92 Å². The molecule has 3 rings (SSSR count). The summed E-state index contributed by atoms with van der Waals surface area (Å²) in [7, 11) is 0. The first-order chi connectivity index (χ1) is 8.16. The maximum absolute atomic E-state index is 9.69. The van der Waals surface area contributed by atoms with Crippen LogP contribution in [0.2, 0.25) is 0 Å². The molecule has 0 bridgehead atoms. The summed E-state index contributed by atoms with van der Waals surface area (Å²) in [5, 5.41) is 23.0. The number of rotatable bonds is 2. The van der Waals surface area contributed by atoms with Gasteiger partial charge in [0.15, 0.2) is 17.3 Å². The van der Waals surface area contributed by atoms with E-state index in [1.807, 2.05) is 0 Å². The Bertz CT molecular complexity index is 565. The van der Waals surface area contributed by atoms with E-state index < -0.39 is 0 Å². The molecule has 5 heteroatoms. The summed E-state index contributed by atoms with van der Waals surface area (Å²) in [4.78, 5) is 4.25. The van der Waals surface area contributed by atoms with Crippen molar-refractivity contribution in [1.82, 2.24) is 10.1 Å². The molecule has 0 spiro atoms. The minimum Gasteiger partial charge on any atom is -0.504 e. The largest absolute Gasteiger partial charge is 0.504 e. The van der Waals surface area contributed by atoms with Crippen molar-refractivity contribution >= 4 is 0 Å². The third kappa shape index (κ3) is 1.63. The van der Waals surface area contributed by atoms with Gasteiger partial charge in [0.05, 0.1) is 5.56 Å². The smallest absolute Gasteiger partial charge is 0.261 e. The Labute approximate surface area is 97.7 Å². The van der Waals surface area contributed by atoms with E-state index >= 15 is 0 Å². The Hall–Kier alpha value is -2.04. The molecule has 2 N–H and O–H groups in total. The molecule has 2 aromatic rings. The van der Waals surface area contributed by atoms with E-state index in [1.165, 1.54) is 6.07 Å². The minimum atomic E-state index is -0.230. The number of hydrogen-bond donors (Lipinski definition) is 2. The monoisotopic (exact) mass is 232 g/mol. The number of benzene rings is 1. The van der Waals surface area contributed by atoms with Crippen LogP contribution in [-0.2, 0) is 0 Å². The number of phenolic OH excluding ortho intramolecular Hbond substituents is 2.